The highest BCUT2D eigenvalue weighted by molar-refractivity contribution is 7.68. The quantitative estimate of drug-likeness (QED) is 0.769. The molecule has 0 aliphatic carbocycles. The van der Waals surface area contributed by atoms with Crippen molar-refractivity contribution >= 4 is 13.2 Å². The molecule has 4 fully saturated rings. The first-order valence-corrected chi connectivity index (χ1v) is 9.50. The second kappa shape index (κ2) is 4.49. The van der Waals surface area contributed by atoms with Gasteiger partial charge in [-0.1, -0.05) is 12.1 Å². The van der Waals surface area contributed by atoms with E-state index >= 15 is 0 Å². The summed E-state index contributed by atoms with van der Waals surface area (Å²) >= 11 is 0. The first-order chi connectivity index (χ1) is 10.6. The third-order valence-electron chi connectivity index (χ3n) is 5.12. The van der Waals surface area contributed by atoms with Gasteiger partial charge in [0.2, 0.25) is 0 Å². The summed E-state index contributed by atoms with van der Waals surface area (Å²) < 4.78 is 24.8. The zero-order chi connectivity index (χ0) is 16.7. The van der Waals surface area contributed by atoms with Crippen LogP contribution in [0, 0.1) is 6.92 Å². The lowest BCUT2D eigenvalue weighted by molar-refractivity contribution is -0.467. The normalized spacial score (nSPS) is 47.8. The Morgan fingerprint density at radius 3 is 2.04 bits per heavy atom. The molecule has 4 unspecified atom stereocenters. The van der Waals surface area contributed by atoms with E-state index in [9.17, 15) is 0 Å². The van der Waals surface area contributed by atoms with Crippen LogP contribution in [0.5, 0.6) is 5.75 Å². The van der Waals surface area contributed by atoms with Crippen molar-refractivity contribution in [2.24, 2.45) is 0 Å². The van der Waals surface area contributed by atoms with Crippen LogP contribution in [0.2, 0.25) is 0 Å². The number of methoxy groups -OCH3 is 1. The predicted octanol–water partition coefficient (Wildman–Crippen LogP) is 3.85. The first-order valence-electron chi connectivity index (χ1n) is 8.16. The van der Waals surface area contributed by atoms with Gasteiger partial charge in [0.1, 0.15) is 5.75 Å². The molecule has 1 aromatic rings. The van der Waals surface area contributed by atoms with Crippen LogP contribution in [0.25, 0.3) is 0 Å². The predicted molar refractivity (Wildman–Crippen MR) is 90.4 cm³/mol. The zero-order valence-corrected chi connectivity index (χ0v) is 15.6. The average molecular weight is 336 g/mol. The smallest absolute Gasteiger partial charge is 0.173 e. The number of ether oxygens (including phenoxy) is 4. The number of hydrogen-bond donors (Lipinski definition) is 0. The fourth-order valence-corrected chi connectivity index (χ4v) is 9.14. The molecular formula is C18H25O4P. The Labute approximate surface area is 139 Å². The molecule has 4 atom stereocenters. The highest BCUT2D eigenvalue weighted by atomic mass is 31.1. The van der Waals surface area contributed by atoms with E-state index in [1.54, 1.807) is 7.11 Å². The maximum Gasteiger partial charge on any atom is 0.173 e. The van der Waals surface area contributed by atoms with Crippen LogP contribution < -0.4 is 10.0 Å². The van der Waals surface area contributed by atoms with Gasteiger partial charge in [-0.15, -0.1) is 0 Å². The van der Waals surface area contributed by atoms with Crippen LogP contribution in [0.15, 0.2) is 18.2 Å². The molecule has 4 saturated heterocycles. The van der Waals surface area contributed by atoms with Gasteiger partial charge in [0, 0.05) is 18.1 Å². The van der Waals surface area contributed by atoms with Crippen LogP contribution in [-0.4, -0.2) is 29.4 Å². The molecule has 1 aromatic carbocycles. The fraction of sp³-hybridized carbons (Fsp3) is 0.667. The summed E-state index contributed by atoms with van der Waals surface area (Å²) in [5.41, 5.74) is 1.20. The summed E-state index contributed by atoms with van der Waals surface area (Å²) in [4.78, 5) is 0. The van der Waals surface area contributed by atoms with Crippen LogP contribution in [0.3, 0.4) is 0 Å². The Morgan fingerprint density at radius 1 is 0.957 bits per heavy atom. The van der Waals surface area contributed by atoms with Crippen molar-refractivity contribution < 1.29 is 18.9 Å². The second-order valence-corrected chi connectivity index (χ2v) is 10.8. The molecular weight excluding hydrogens is 311 g/mol. The Hall–Kier alpha value is -0.670. The van der Waals surface area contributed by atoms with Crippen molar-refractivity contribution in [3.8, 4) is 5.75 Å². The third-order valence-corrected chi connectivity index (χ3v) is 8.37. The van der Waals surface area contributed by atoms with Gasteiger partial charge in [0.15, 0.2) is 11.6 Å². The Balaban J connectivity index is 1.87. The van der Waals surface area contributed by atoms with Crippen molar-refractivity contribution in [2.75, 3.05) is 7.11 Å². The van der Waals surface area contributed by atoms with E-state index in [0.717, 1.165) is 18.6 Å². The molecule has 5 rings (SSSR count). The van der Waals surface area contributed by atoms with E-state index in [-0.39, 0.29) is 10.7 Å². The van der Waals surface area contributed by atoms with Crippen LogP contribution >= 0.6 is 7.92 Å². The molecule has 0 amide bonds. The monoisotopic (exact) mass is 336 g/mol. The first kappa shape index (κ1) is 15.8. The van der Waals surface area contributed by atoms with E-state index in [4.69, 9.17) is 18.9 Å². The molecule has 4 nitrogen and oxygen atoms in total. The lowest BCUT2D eigenvalue weighted by Crippen LogP contribution is -2.72. The molecule has 4 heterocycles. The van der Waals surface area contributed by atoms with Crippen LogP contribution in [-0.2, 0) is 14.2 Å². The van der Waals surface area contributed by atoms with Crippen LogP contribution in [0.1, 0.15) is 46.1 Å². The molecule has 23 heavy (non-hydrogen) atoms. The zero-order valence-electron chi connectivity index (χ0n) is 14.7. The lowest BCUT2D eigenvalue weighted by atomic mass is 9.98. The van der Waals surface area contributed by atoms with E-state index in [1.165, 1.54) is 10.9 Å². The van der Waals surface area contributed by atoms with Gasteiger partial charge in [-0.3, -0.25) is 0 Å². The average Bonchev–Trinajstić information content (AvgIpc) is 2.34. The van der Waals surface area contributed by atoms with Crippen molar-refractivity contribution in [2.45, 2.75) is 69.7 Å². The SMILES string of the molecule is COc1cc(C)ccc1P1C2(C)CC3(C)OC(C)(CC1(C)O3)O2. The Kier molecular flexibility index (Phi) is 3.09. The highest BCUT2D eigenvalue weighted by Gasteiger charge is 2.71. The second-order valence-electron chi connectivity index (χ2n) is 7.79. The fourth-order valence-electron chi connectivity index (χ4n) is 5.07. The molecule has 4 aliphatic heterocycles. The maximum atomic E-state index is 6.50. The Bertz CT molecular complexity index is 629. The molecule has 0 N–H and O–H groups in total. The van der Waals surface area contributed by atoms with Crippen molar-refractivity contribution in [3.05, 3.63) is 23.8 Å². The van der Waals surface area contributed by atoms with Gasteiger partial charge < -0.3 is 18.9 Å². The summed E-state index contributed by atoms with van der Waals surface area (Å²) in [6.07, 6.45) is 1.49. The van der Waals surface area contributed by atoms with Gasteiger partial charge in [-0.2, -0.15) is 0 Å². The number of benzene rings is 1. The van der Waals surface area contributed by atoms with Crippen molar-refractivity contribution in [3.63, 3.8) is 0 Å². The maximum absolute atomic E-state index is 6.50. The molecule has 4 bridgehead atoms. The summed E-state index contributed by atoms with van der Waals surface area (Å²) in [6, 6.07) is 6.45. The van der Waals surface area contributed by atoms with Gasteiger partial charge >= 0.3 is 0 Å². The van der Waals surface area contributed by atoms with Crippen molar-refractivity contribution in [1.29, 1.82) is 0 Å². The van der Waals surface area contributed by atoms with E-state index < -0.39 is 19.5 Å². The minimum Gasteiger partial charge on any atom is -0.496 e. The van der Waals surface area contributed by atoms with E-state index in [1.807, 2.05) is 13.8 Å². The minimum absolute atomic E-state index is 0.273. The van der Waals surface area contributed by atoms with Crippen LogP contribution in [0.4, 0.5) is 0 Å². The summed E-state index contributed by atoms with van der Waals surface area (Å²) in [5, 5.41) is 0.680. The van der Waals surface area contributed by atoms with Gasteiger partial charge in [-0.05, 0) is 54.2 Å². The molecule has 0 radical (unpaired) electrons. The molecule has 4 aliphatic rings. The standard InChI is InChI=1S/C18H25O4P/c1-12-7-8-14(13(9-12)19-6)23-17(4)10-15(2)20-16(3,22-17)11-18(23,5)21-15/h7-9H,10-11H2,1-6H3. The van der Waals surface area contributed by atoms with Gasteiger partial charge in [0.05, 0.1) is 17.8 Å². The van der Waals surface area contributed by atoms with Gasteiger partial charge in [0.25, 0.3) is 0 Å². The largest absolute Gasteiger partial charge is 0.496 e. The summed E-state index contributed by atoms with van der Waals surface area (Å²) in [5.74, 6) is -0.189. The van der Waals surface area contributed by atoms with Gasteiger partial charge in [-0.25, -0.2) is 0 Å². The van der Waals surface area contributed by atoms with E-state index in [2.05, 4.69) is 39.0 Å². The topological polar surface area (TPSA) is 36.9 Å². The lowest BCUT2D eigenvalue weighted by Gasteiger charge is -2.69. The number of rotatable bonds is 2. The molecule has 0 saturated carbocycles. The molecule has 5 heteroatoms. The highest BCUT2D eigenvalue weighted by Crippen LogP contribution is 2.76. The summed E-state index contributed by atoms with van der Waals surface area (Å²) in [6.45, 7) is 10.6. The molecule has 126 valence electrons. The Morgan fingerprint density at radius 2 is 1.52 bits per heavy atom. The minimum atomic E-state index is -0.717. The molecule has 0 aromatic heterocycles. The summed E-state index contributed by atoms with van der Waals surface area (Å²) in [7, 11) is 1.02. The van der Waals surface area contributed by atoms with E-state index in [0.29, 0.717) is 0 Å². The number of hydrogen-bond acceptors (Lipinski definition) is 4. The molecule has 0 spiro atoms. The van der Waals surface area contributed by atoms with Crippen molar-refractivity contribution in [1.82, 2.24) is 0 Å². The third kappa shape index (κ3) is 2.19. The number of aryl methyl sites for hydroxylation is 1.